The molecule has 0 atom stereocenters. The Hall–Kier alpha value is -1.72. The number of fused-ring (bicyclic) bond motifs is 2. The van der Waals surface area contributed by atoms with E-state index in [-0.39, 0.29) is 0 Å². The minimum Gasteiger partial charge on any atom is -0.372 e. The second-order valence-corrected chi connectivity index (χ2v) is 10.0. The smallest absolute Gasteiger partial charge is 0.0774 e. The molecule has 0 radical (unpaired) electrons. The molecule has 0 saturated carbocycles. The summed E-state index contributed by atoms with van der Waals surface area (Å²) < 4.78 is 0. The summed E-state index contributed by atoms with van der Waals surface area (Å²) in [7, 11) is 0. The Morgan fingerprint density at radius 3 is 2.21 bits per heavy atom. The van der Waals surface area contributed by atoms with Crippen LogP contribution in [0.2, 0.25) is 0 Å². The van der Waals surface area contributed by atoms with Crippen molar-refractivity contribution in [3.05, 3.63) is 41.0 Å². The summed E-state index contributed by atoms with van der Waals surface area (Å²) in [5.74, 6) is 0. The van der Waals surface area contributed by atoms with E-state index in [0.29, 0.717) is 0 Å². The van der Waals surface area contributed by atoms with Crippen molar-refractivity contribution in [3.8, 4) is 0 Å². The molecule has 3 rings (SSSR count). The van der Waals surface area contributed by atoms with Crippen LogP contribution in [0.25, 0.3) is 0 Å². The maximum atomic E-state index is 5.05. The summed E-state index contributed by atoms with van der Waals surface area (Å²) in [6, 6.07) is 6.83. The molecular weight excluding hydrogens is 424 g/mol. The van der Waals surface area contributed by atoms with Crippen LogP contribution in [0.1, 0.15) is 66.7 Å². The van der Waals surface area contributed by atoms with Crippen LogP contribution in [0.15, 0.2) is 50.8 Å². The van der Waals surface area contributed by atoms with Crippen molar-refractivity contribution < 1.29 is 0 Å². The van der Waals surface area contributed by atoms with E-state index in [1.807, 2.05) is 11.8 Å². The first-order chi connectivity index (χ1) is 16.1. The van der Waals surface area contributed by atoms with E-state index >= 15 is 0 Å². The van der Waals surface area contributed by atoms with Gasteiger partial charge >= 0.3 is 0 Å². The third kappa shape index (κ3) is 6.89. The van der Waals surface area contributed by atoms with Crippen molar-refractivity contribution in [3.63, 3.8) is 0 Å². The van der Waals surface area contributed by atoms with Crippen LogP contribution in [0.4, 0.5) is 11.4 Å². The summed E-state index contributed by atoms with van der Waals surface area (Å²) in [6.45, 7) is 19.1. The van der Waals surface area contributed by atoms with Crippen molar-refractivity contribution in [1.29, 1.82) is 0 Å². The van der Waals surface area contributed by atoms with Gasteiger partial charge in [0.1, 0.15) is 0 Å². The SMILES string of the molecule is CCCCN(CCCC)C1=CCC2=Nc3ccc(N(CC)CCN(CC)CC)cc3SC2=C1. The average molecular weight is 469 g/mol. The molecule has 0 amide bonds. The van der Waals surface area contributed by atoms with Crippen LogP contribution >= 0.6 is 11.8 Å². The summed E-state index contributed by atoms with van der Waals surface area (Å²) in [6.07, 6.45) is 10.7. The molecular formula is C28H44N4S. The quantitative estimate of drug-likeness (QED) is 0.290. The number of benzene rings is 1. The summed E-state index contributed by atoms with van der Waals surface area (Å²) in [4.78, 5) is 15.3. The molecule has 5 heteroatoms. The lowest BCUT2D eigenvalue weighted by Crippen LogP contribution is -2.35. The van der Waals surface area contributed by atoms with Crippen LogP contribution < -0.4 is 4.90 Å². The molecule has 0 N–H and O–H groups in total. The van der Waals surface area contributed by atoms with Crippen molar-refractivity contribution in [2.75, 3.05) is 50.7 Å². The summed E-state index contributed by atoms with van der Waals surface area (Å²) >= 11 is 1.91. The van der Waals surface area contributed by atoms with Gasteiger partial charge in [-0.1, -0.05) is 58.4 Å². The number of nitrogens with zero attached hydrogens (tertiary/aromatic N) is 4. The first kappa shape index (κ1) is 25.9. The van der Waals surface area contributed by atoms with E-state index in [4.69, 9.17) is 4.99 Å². The maximum Gasteiger partial charge on any atom is 0.0774 e. The van der Waals surface area contributed by atoms with E-state index in [1.165, 1.54) is 52.6 Å². The number of anilines is 1. The van der Waals surface area contributed by atoms with Gasteiger partial charge < -0.3 is 14.7 Å². The van der Waals surface area contributed by atoms with E-state index in [9.17, 15) is 0 Å². The molecule has 1 aliphatic carbocycles. The number of thioether (sulfide) groups is 1. The number of rotatable bonds is 14. The lowest BCUT2D eigenvalue weighted by atomic mass is 10.1. The Morgan fingerprint density at radius 2 is 1.58 bits per heavy atom. The van der Waals surface area contributed by atoms with Crippen LogP contribution in [0.3, 0.4) is 0 Å². The standard InChI is InChI=1S/C28H44N4S/c1-6-11-17-32(18-12-7-2)24-14-16-26-28(22-24)33-27-21-23(13-15-25(27)29-26)31(10-5)20-19-30(8-3)9-4/h13-15,21-22H,6-12,16-20H2,1-5H3. The Bertz CT molecular complexity index is 845. The number of allylic oxidation sites excluding steroid dienone is 3. The number of aliphatic imine (C=N–C) groups is 1. The van der Waals surface area contributed by atoms with Gasteiger partial charge in [-0.3, -0.25) is 4.99 Å². The highest BCUT2D eigenvalue weighted by Crippen LogP contribution is 2.44. The van der Waals surface area contributed by atoms with Crippen molar-refractivity contribution in [2.45, 2.75) is 71.6 Å². The molecule has 0 aromatic heterocycles. The third-order valence-electron chi connectivity index (χ3n) is 6.74. The number of unbranched alkanes of at least 4 members (excludes halogenated alkanes) is 2. The lowest BCUT2D eigenvalue weighted by molar-refractivity contribution is 0.310. The van der Waals surface area contributed by atoms with E-state index in [1.54, 1.807) is 0 Å². The fourth-order valence-corrected chi connectivity index (χ4v) is 5.53. The highest BCUT2D eigenvalue weighted by molar-refractivity contribution is 8.04. The van der Waals surface area contributed by atoms with Crippen molar-refractivity contribution in [1.82, 2.24) is 9.80 Å². The second kappa shape index (κ2) is 13.2. The fourth-order valence-electron chi connectivity index (χ4n) is 4.47. The van der Waals surface area contributed by atoms with Gasteiger partial charge in [-0.05, 0) is 57.1 Å². The highest BCUT2D eigenvalue weighted by Gasteiger charge is 2.23. The van der Waals surface area contributed by atoms with Gasteiger partial charge in [-0.2, -0.15) is 0 Å². The number of hydrogen-bond acceptors (Lipinski definition) is 5. The zero-order chi connectivity index (χ0) is 23.6. The Morgan fingerprint density at radius 1 is 0.848 bits per heavy atom. The van der Waals surface area contributed by atoms with Crippen LogP contribution in [-0.4, -0.2) is 61.3 Å². The Balaban J connectivity index is 1.76. The van der Waals surface area contributed by atoms with Gasteiger partial charge in [0.15, 0.2) is 0 Å². The van der Waals surface area contributed by atoms with Crippen molar-refractivity contribution in [2.24, 2.45) is 4.99 Å². The Labute approximate surface area is 206 Å². The van der Waals surface area contributed by atoms with Crippen molar-refractivity contribution >= 4 is 28.8 Å². The molecule has 0 spiro atoms. The van der Waals surface area contributed by atoms with Crippen LogP contribution in [0, 0.1) is 0 Å². The Kier molecular flexibility index (Phi) is 10.4. The minimum atomic E-state index is 0.940. The van der Waals surface area contributed by atoms with Gasteiger partial charge in [-0.25, -0.2) is 0 Å². The molecule has 0 fully saturated rings. The first-order valence-electron chi connectivity index (χ1n) is 13.2. The normalized spacial score (nSPS) is 14.9. The molecule has 33 heavy (non-hydrogen) atoms. The topological polar surface area (TPSA) is 22.1 Å². The average Bonchev–Trinajstić information content (AvgIpc) is 2.85. The monoisotopic (exact) mass is 468 g/mol. The molecule has 1 aromatic rings. The van der Waals surface area contributed by atoms with Crippen LogP contribution in [0.5, 0.6) is 0 Å². The molecule has 1 aromatic carbocycles. The van der Waals surface area contributed by atoms with Gasteiger partial charge in [0, 0.05) is 60.3 Å². The largest absolute Gasteiger partial charge is 0.372 e. The molecule has 0 bridgehead atoms. The zero-order valence-electron chi connectivity index (χ0n) is 21.6. The molecule has 0 saturated heterocycles. The van der Waals surface area contributed by atoms with E-state index < -0.39 is 0 Å². The third-order valence-corrected chi connectivity index (χ3v) is 7.86. The molecule has 1 heterocycles. The predicted octanol–water partition coefficient (Wildman–Crippen LogP) is 7.11. The molecule has 4 nitrogen and oxygen atoms in total. The lowest BCUT2D eigenvalue weighted by Gasteiger charge is -2.30. The second-order valence-electron chi connectivity index (χ2n) is 8.95. The van der Waals surface area contributed by atoms with Gasteiger partial charge in [0.2, 0.25) is 0 Å². The molecule has 1 aliphatic heterocycles. The van der Waals surface area contributed by atoms with E-state index in [0.717, 1.165) is 57.9 Å². The molecule has 2 aliphatic rings. The minimum absolute atomic E-state index is 0.940. The predicted molar refractivity (Wildman–Crippen MR) is 147 cm³/mol. The van der Waals surface area contributed by atoms with Gasteiger partial charge in [-0.15, -0.1) is 0 Å². The summed E-state index contributed by atoms with van der Waals surface area (Å²) in [5, 5.41) is 0. The zero-order valence-corrected chi connectivity index (χ0v) is 22.4. The van der Waals surface area contributed by atoms with Gasteiger partial charge in [0.25, 0.3) is 0 Å². The number of likely N-dealkylation sites (N-methyl/N-ethyl adjacent to an activating group) is 2. The fraction of sp³-hybridized carbons (Fsp3) is 0.607. The van der Waals surface area contributed by atoms with E-state index in [2.05, 4.69) is 79.7 Å². The summed E-state index contributed by atoms with van der Waals surface area (Å²) in [5.41, 5.74) is 5.06. The molecule has 182 valence electrons. The maximum absolute atomic E-state index is 5.05. The highest BCUT2D eigenvalue weighted by atomic mass is 32.2. The van der Waals surface area contributed by atoms with Gasteiger partial charge in [0.05, 0.1) is 11.4 Å². The van der Waals surface area contributed by atoms with Crippen LogP contribution in [-0.2, 0) is 0 Å². The first-order valence-corrected chi connectivity index (χ1v) is 14.0. The molecule has 0 unspecified atom stereocenters. The number of hydrogen-bond donors (Lipinski definition) is 0.